The predicted octanol–water partition coefficient (Wildman–Crippen LogP) is -0.204. The van der Waals surface area contributed by atoms with Crippen LogP contribution >= 0.6 is 7.60 Å². The maximum atomic E-state index is 14.4. The fourth-order valence-corrected chi connectivity index (χ4v) is 2.57. The molecule has 2 aromatic rings. The van der Waals surface area contributed by atoms with Crippen LogP contribution in [0.1, 0.15) is 6.23 Å². The summed E-state index contributed by atoms with van der Waals surface area (Å²) in [4.78, 5) is 29.3. The molecule has 0 spiro atoms. The first kappa shape index (κ1) is 15.3. The molecular weight excluding hydrogens is 320 g/mol. The number of nitrogens with two attached hydrogens (primary N) is 1. The van der Waals surface area contributed by atoms with Gasteiger partial charge in [0.25, 0.3) is 0 Å². The van der Waals surface area contributed by atoms with E-state index in [-0.39, 0.29) is 12.4 Å². The van der Waals surface area contributed by atoms with Crippen LogP contribution in [0.2, 0.25) is 0 Å². The largest absolute Gasteiger partial charge is 0.382 e. The van der Waals surface area contributed by atoms with E-state index in [9.17, 15) is 8.96 Å². The summed E-state index contributed by atoms with van der Waals surface area (Å²) in [5.41, 5.74) is 6.27. The molecule has 22 heavy (non-hydrogen) atoms. The topological polar surface area (TPSA) is 146 Å². The number of aromatic nitrogens is 4. The fraction of sp³-hybridized carbons (Fsp3) is 0.500. The van der Waals surface area contributed by atoms with Gasteiger partial charge in [0.2, 0.25) is 0 Å². The smallest absolute Gasteiger partial charge is 0.350 e. The van der Waals surface area contributed by atoms with Gasteiger partial charge in [-0.05, 0) is 0 Å². The lowest BCUT2D eigenvalue weighted by Crippen LogP contribution is -2.27. The molecule has 120 valence electrons. The van der Waals surface area contributed by atoms with Crippen LogP contribution < -0.4 is 5.73 Å². The number of nitrogens with zero attached hydrogens (tertiary/aromatic N) is 4. The zero-order valence-corrected chi connectivity index (χ0v) is 12.0. The Labute approximate surface area is 123 Å². The second-order valence-electron chi connectivity index (χ2n) is 4.75. The number of alkyl halides is 1. The molecule has 0 aliphatic carbocycles. The van der Waals surface area contributed by atoms with E-state index in [2.05, 4.69) is 15.0 Å². The minimum Gasteiger partial charge on any atom is -0.382 e. The van der Waals surface area contributed by atoms with E-state index in [4.69, 9.17) is 25.0 Å². The van der Waals surface area contributed by atoms with E-state index < -0.39 is 32.4 Å². The number of ether oxygens (including phenoxy) is 2. The summed E-state index contributed by atoms with van der Waals surface area (Å²) in [6, 6.07) is 0. The van der Waals surface area contributed by atoms with E-state index in [0.29, 0.717) is 11.2 Å². The lowest BCUT2D eigenvalue weighted by atomic mass is 10.2. The van der Waals surface area contributed by atoms with Gasteiger partial charge in [0, 0.05) is 0 Å². The highest BCUT2D eigenvalue weighted by molar-refractivity contribution is 7.51. The Hall–Kier alpha value is -1.65. The summed E-state index contributed by atoms with van der Waals surface area (Å²) >= 11 is 0. The average Bonchev–Trinajstić information content (AvgIpc) is 3.00. The Kier molecular flexibility index (Phi) is 3.83. The van der Waals surface area contributed by atoms with Crippen molar-refractivity contribution in [2.75, 3.05) is 18.7 Å². The van der Waals surface area contributed by atoms with Gasteiger partial charge in [0.15, 0.2) is 23.9 Å². The molecule has 1 fully saturated rings. The first-order valence-corrected chi connectivity index (χ1v) is 8.01. The van der Waals surface area contributed by atoms with Gasteiger partial charge >= 0.3 is 7.60 Å². The molecule has 0 amide bonds. The third-order valence-corrected chi connectivity index (χ3v) is 3.66. The van der Waals surface area contributed by atoms with Crippen LogP contribution in [0.25, 0.3) is 11.2 Å². The molecule has 0 radical (unpaired) electrons. The van der Waals surface area contributed by atoms with Gasteiger partial charge in [-0.2, -0.15) is 0 Å². The number of halogens is 1. The van der Waals surface area contributed by atoms with Crippen molar-refractivity contribution in [3.05, 3.63) is 12.7 Å². The fourth-order valence-electron chi connectivity index (χ4n) is 2.18. The summed E-state index contributed by atoms with van der Waals surface area (Å²) in [6.07, 6.45) is -2.12. The third kappa shape index (κ3) is 2.81. The molecule has 10 nitrogen and oxygen atoms in total. The maximum Gasteiger partial charge on any atom is 0.350 e. The zero-order valence-electron chi connectivity index (χ0n) is 11.1. The molecule has 2 aromatic heterocycles. The van der Waals surface area contributed by atoms with E-state index in [1.807, 2.05) is 0 Å². The number of nitrogen functional groups attached to an aromatic ring is 1. The Balaban J connectivity index is 1.81. The predicted molar refractivity (Wildman–Crippen MR) is 71.4 cm³/mol. The minimum atomic E-state index is -4.37. The van der Waals surface area contributed by atoms with Crippen molar-refractivity contribution in [2.45, 2.75) is 18.5 Å². The van der Waals surface area contributed by atoms with Gasteiger partial charge < -0.3 is 25.0 Å². The van der Waals surface area contributed by atoms with Crippen LogP contribution in [0.3, 0.4) is 0 Å². The van der Waals surface area contributed by atoms with Crippen LogP contribution in [0.4, 0.5) is 10.2 Å². The molecule has 3 heterocycles. The highest BCUT2D eigenvalue weighted by Crippen LogP contribution is 2.37. The first-order chi connectivity index (χ1) is 10.4. The molecule has 12 heteroatoms. The molecule has 1 saturated heterocycles. The Morgan fingerprint density at radius 1 is 1.50 bits per heavy atom. The Morgan fingerprint density at radius 3 is 3.00 bits per heavy atom. The summed E-state index contributed by atoms with van der Waals surface area (Å²) in [5, 5.41) is 0. The molecular formula is C10H13FN5O5P. The molecule has 4 N–H and O–H groups in total. The van der Waals surface area contributed by atoms with Gasteiger partial charge in [-0.25, -0.2) is 19.3 Å². The quantitative estimate of drug-likeness (QED) is 0.647. The molecule has 0 aromatic carbocycles. The lowest BCUT2D eigenvalue weighted by Gasteiger charge is -2.17. The van der Waals surface area contributed by atoms with Crippen molar-refractivity contribution < 1.29 is 28.2 Å². The van der Waals surface area contributed by atoms with Gasteiger partial charge in [-0.3, -0.25) is 9.13 Å². The summed E-state index contributed by atoms with van der Waals surface area (Å²) in [7, 11) is -4.37. The molecule has 1 aliphatic rings. The van der Waals surface area contributed by atoms with Crippen LogP contribution in [0, 0.1) is 0 Å². The van der Waals surface area contributed by atoms with E-state index in [0.717, 1.165) is 0 Å². The maximum absolute atomic E-state index is 14.4. The zero-order chi connectivity index (χ0) is 15.9. The monoisotopic (exact) mass is 333 g/mol. The number of hydrogen-bond donors (Lipinski definition) is 3. The minimum absolute atomic E-state index is 0.147. The van der Waals surface area contributed by atoms with E-state index in [1.165, 1.54) is 17.2 Å². The normalized spacial score (nSPS) is 25.9. The van der Waals surface area contributed by atoms with Crippen LogP contribution in [-0.4, -0.2) is 54.5 Å². The van der Waals surface area contributed by atoms with Crippen molar-refractivity contribution in [1.29, 1.82) is 0 Å². The molecule has 0 bridgehead atoms. The van der Waals surface area contributed by atoms with Crippen LogP contribution in [0.15, 0.2) is 12.7 Å². The Morgan fingerprint density at radius 2 is 2.27 bits per heavy atom. The van der Waals surface area contributed by atoms with Crippen molar-refractivity contribution >= 4 is 24.6 Å². The van der Waals surface area contributed by atoms with Crippen molar-refractivity contribution in [2.24, 2.45) is 0 Å². The number of hydrogen-bond acceptors (Lipinski definition) is 7. The molecule has 3 atom stereocenters. The second-order valence-corrected chi connectivity index (χ2v) is 6.34. The van der Waals surface area contributed by atoms with Crippen molar-refractivity contribution in [1.82, 2.24) is 19.5 Å². The van der Waals surface area contributed by atoms with Crippen molar-refractivity contribution in [3.63, 3.8) is 0 Å². The summed E-state index contributed by atoms with van der Waals surface area (Å²) < 4.78 is 36.7. The summed E-state index contributed by atoms with van der Waals surface area (Å²) in [6.45, 7) is -0.147. The van der Waals surface area contributed by atoms with Gasteiger partial charge in [0.05, 0.1) is 12.9 Å². The lowest BCUT2D eigenvalue weighted by molar-refractivity contribution is 0.0208. The molecule has 0 unspecified atom stereocenters. The van der Waals surface area contributed by atoms with Gasteiger partial charge in [0.1, 0.15) is 24.3 Å². The Bertz CT molecular complexity index is 736. The average molecular weight is 333 g/mol. The number of rotatable bonds is 4. The standard InChI is InChI=1S/C10H13FN5O5P/c11-6-5(21-4-22(17,18)19)1-20-10(6)16-3-15-7-8(12)13-2-14-9(7)16/h2-3,5-6,10H,1,4H2,(H2,12,13,14)(H2,17,18,19)/t5-,6+,10+/m0/s1. The van der Waals surface area contributed by atoms with Crippen LogP contribution in [-0.2, 0) is 14.0 Å². The third-order valence-electron chi connectivity index (χ3n) is 3.18. The van der Waals surface area contributed by atoms with E-state index >= 15 is 0 Å². The number of fused-ring (bicyclic) bond motifs is 1. The first-order valence-electron chi connectivity index (χ1n) is 6.21. The second kappa shape index (κ2) is 5.52. The number of imidazole rings is 1. The summed E-state index contributed by atoms with van der Waals surface area (Å²) in [5.74, 6) is 0.159. The highest BCUT2D eigenvalue weighted by Gasteiger charge is 2.41. The molecule has 3 rings (SSSR count). The van der Waals surface area contributed by atoms with Gasteiger partial charge in [-0.1, -0.05) is 0 Å². The van der Waals surface area contributed by atoms with Gasteiger partial charge in [-0.15, -0.1) is 0 Å². The van der Waals surface area contributed by atoms with Crippen molar-refractivity contribution in [3.8, 4) is 0 Å². The molecule has 0 saturated carbocycles. The number of anilines is 1. The highest BCUT2D eigenvalue weighted by atomic mass is 31.2. The molecule has 1 aliphatic heterocycles. The van der Waals surface area contributed by atoms with E-state index in [1.54, 1.807) is 0 Å². The SMILES string of the molecule is Nc1ncnc2c1ncn2[C@@H]1OC[C@H](OCP(=O)(O)O)[C@H]1F. The van der Waals surface area contributed by atoms with Crippen LogP contribution in [0.5, 0.6) is 0 Å².